The first kappa shape index (κ1) is 18.6. The van der Waals surface area contributed by atoms with Crippen LogP contribution in [0.3, 0.4) is 0 Å². The zero-order chi connectivity index (χ0) is 17.4. The van der Waals surface area contributed by atoms with Crippen molar-refractivity contribution in [1.82, 2.24) is 9.80 Å². The number of allylic oxidation sites excluding steroid dienone is 1. The molecule has 2 rings (SSSR count). The number of halogens is 1. The highest BCUT2D eigenvalue weighted by atomic mass is 19.1. The smallest absolute Gasteiger partial charge is 0.246 e. The van der Waals surface area contributed by atoms with E-state index in [9.17, 15) is 14.3 Å². The van der Waals surface area contributed by atoms with Crippen molar-refractivity contribution in [3.63, 3.8) is 0 Å². The standard InChI is InChI=1S/C18H25FN2O3/c1-15(16-2-4-17(19)5-3-16)14-18(23)21(8-11-22)7-6-20-9-12-24-13-10-20/h2-5,14,22H,6-13H2,1H3/b15-14-. The maximum atomic E-state index is 13.0. The number of amides is 1. The van der Waals surface area contributed by atoms with Crippen molar-refractivity contribution in [1.29, 1.82) is 0 Å². The molecule has 0 saturated carbocycles. The molecule has 1 heterocycles. The van der Waals surface area contributed by atoms with Crippen molar-refractivity contribution >= 4 is 11.5 Å². The molecule has 132 valence electrons. The Morgan fingerprint density at radius 3 is 2.58 bits per heavy atom. The van der Waals surface area contributed by atoms with Crippen LogP contribution in [0, 0.1) is 5.82 Å². The Balaban J connectivity index is 1.96. The van der Waals surface area contributed by atoms with Crippen LogP contribution in [0.4, 0.5) is 4.39 Å². The summed E-state index contributed by atoms with van der Waals surface area (Å²) in [5.74, 6) is -0.440. The number of aliphatic hydroxyl groups excluding tert-OH is 1. The summed E-state index contributed by atoms with van der Waals surface area (Å²) in [4.78, 5) is 16.4. The molecule has 0 radical (unpaired) electrons. The van der Waals surface area contributed by atoms with Gasteiger partial charge in [0.2, 0.25) is 5.91 Å². The Bertz CT molecular complexity index is 554. The molecule has 0 atom stereocenters. The van der Waals surface area contributed by atoms with E-state index < -0.39 is 0 Å². The van der Waals surface area contributed by atoms with Gasteiger partial charge in [0.25, 0.3) is 0 Å². The molecule has 6 heteroatoms. The highest BCUT2D eigenvalue weighted by Crippen LogP contribution is 2.14. The molecule has 5 nitrogen and oxygen atoms in total. The zero-order valence-electron chi connectivity index (χ0n) is 14.1. The number of hydrogen-bond donors (Lipinski definition) is 1. The molecule has 1 aliphatic heterocycles. The molecular formula is C18H25FN2O3. The second-order valence-electron chi connectivity index (χ2n) is 5.84. The third-order valence-electron chi connectivity index (χ3n) is 4.11. The van der Waals surface area contributed by atoms with E-state index in [0.29, 0.717) is 13.1 Å². The van der Waals surface area contributed by atoms with Crippen LogP contribution in [-0.2, 0) is 9.53 Å². The monoisotopic (exact) mass is 336 g/mol. The molecule has 1 amide bonds. The van der Waals surface area contributed by atoms with Gasteiger partial charge in [-0.15, -0.1) is 0 Å². The number of benzene rings is 1. The Kier molecular flexibility index (Phi) is 7.36. The van der Waals surface area contributed by atoms with E-state index in [1.54, 1.807) is 23.1 Å². The van der Waals surface area contributed by atoms with E-state index in [-0.39, 0.29) is 18.3 Å². The predicted molar refractivity (Wildman–Crippen MR) is 91.0 cm³/mol. The van der Waals surface area contributed by atoms with Crippen LogP contribution in [0.15, 0.2) is 30.3 Å². The molecule has 1 N–H and O–H groups in total. The largest absolute Gasteiger partial charge is 0.395 e. The highest BCUT2D eigenvalue weighted by Gasteiger charge is 2.15. The maximum Gasteiger partial charge on any atom is 0.246 e. The first-order valence-electron chi connectivity index (χ1n) is 8.24. The summed E-state index contributed by atoms with van der Waals surface area (Å²) in [7, 11) is 0. The molecule has 24 heavy (non-hydrogen) atoms. The van der Waals surface area contributed by atoms with Gasteiger partial charge >= 0.3 is 0 Å². The lowest BCUT2D eigenvalue weighted by Crippen LogP contribution is -2.43. The number of morpholine rings is 1. The molecule has 1 aromatic rings. The number of aliphatic hydroxyl groups is 1. The van der Waals surface area contributed by atoms with Crippen LogP contribution < -0.4 is 0 Å². The van der Waals surface area contributed by atoms with Gasteiger partial charge in [0.05, 0.1) is 19.8 Å². The van der Waals surface area contributed by atoms with E-state index in [1.807, 2.05) is 6.92 Å². The van der Waals surface area contributed by atoms with Gasteiger partial charge in [-0.1, -0.05) is 12.1 Å². The highest BCUT2D eigenvalue weighted by molar-refractivity contribution is 5.94. The van der Waals surface area contributed by atoms with Crippen molar-refractivity contribution in [2.75, 3.05) is 52.5 Å². The van der Waals surface area contributed by atoms with Gasteiger partial charge in [-0.2, -0.15) is 0 Å². The summed E-state index contributed by atoms with van der Waals surface area (Å²) in [5.41, 5.74) is 1.58. The first-order valence-corrected chi connectivity index (χ1v) is 8.24. The summed E-state index contributed by atoms with van der Waals surface area (Å²) >= 11 is 0. The minimum absolute atomic E-state index is 0.0711. The second-order valence-corrected chi connectivity index (χ2v) is 5.84. The normalized spacial score (nSPS) is 16.2. The van der Waals surface area contributed by atoms with E-state index in [0.717, 1.165) is 44.0 Å². The molecule has 1 saturated heterocycles. The molecular weight excluding hydrogens is 311 g/mol. The van der Waals surface area contributed by atoms with Crippen LogP contribution in [0.1, 0.15) is 12.5 Å². The van der Waals surface area contributed by atoms with Gasteiger partial charge in [0.1, 0.15) is 5.82 Å². The predicted octanol–water partition coefficient (Wildman–Crippen LogP) is 1.38. The SMILES string of the molecule is C/C(=C/C(=O)N(CCO)CCN1CCOCC1)c1ccc(F)cc1. The Labute approximate surface area is 142 Å². The van der Waals surface area contributed by atoms with Gasteiger partial charge in [0.15, 0.2) is 0 Å². The fraction of sp³-hybridized carbons (Fsp3) is 0.500. The average Bonchev–Trinajstić information content (AvgIpc) is 2.60. The van der Waals surface area contributed by atoms with Gasteiger partial charge in [-0.3, -0.25) is 9.69 Å². The average molecular weight is 336 g/mol. The summed E-state index contributed by atoms with van der Waals surface area (Å²) in [6.07, 6.45) is 1.54. The van der Waals surface area contributed by atoms with Gasteiger partial charge in [-0.25, -0.2) is 4.39 Å². The van der Waals surface area contributed by atoms with Crippen LogP contribution in [0.5, 0.6) is 0 Å². The van der Waals surface area contributed by atoms with E-state index >= 15 is 0 Å². The molecule has 0 aliphatic carbocycles. The zero-order valence-corrected chi connectivity index (χ0v) is 14.1. The Hall–Kier alpha value is -1.76. The van der Waals surface area contributed by atoms with E-state index in [4.69, 9.17) is 4.74 Å². The number of rotatable bonds is 7. The van der Waals surface area contributed by atoms with Crippen molar-refractivity contribution in [2.24, 2.45) is 0 Å². The molecule has 0 unspecified atom stereocenters. The quantitative estimate of drug-likeness (QED) is 0.765. The molecule has 1 aromatic carbocycles. The maximum absolute atomic E-state index is 13.0. The molecule has 0 aromatic heterocycles. The van der Waals surface area contributed by atoms with Crippen LogP contribution in [-0.4, -0.2) is 73.4 Å². The lowest BCUT2D eigenvalue weighted by molar-refractivity contribution is -0.126. The molecule has 1 fully saturated rings. The van der Waals surface area contributed by atoms with Crippen LogP contribution in [0.2, 0.25) is 0 Å². The fourth-order valence-electron chi connectivity index (χ4n) is 2.61. The van der Waals surface area contributed by atoms with Crippen molar-refractivity contribution in [3.05, 3.63) is 41.7 Å². The minimum Gasteiger partial charge on any atom is -0.395 e. The topological polar surface area (TPSA) is 53.0 Å². The minimum atomic E-state index is -0.301. The van der Waals surface area contributed by atoms with Crippen LogP contribution in [0.25, 0.3) is 5.57 Å². The van der Waals surface area contributed by atoms with Gasteiger partial charge in [0, 0.05) is 38.8 Å². The second kappa shape index (κ2) is 9.52. The number of carbonyl (C=O) groups is 1. The van der Waals surface area contributed by atoms with Crippen molar-refractivity contribution in [2.45, 2.75) is 6.92 Å². The van der Waals surface area contributed by atoms with E-state index in [2.05, 4.69) is 4.90 Å². The summed E-state index contributed by atoms with van der Waals surface area (Å²) in [6.45, 7) is 6.55. The third kappa shape index (κ3) is 5.70. The van der Waals surface area contributed by atoms with Crippen molar-refractivity contribution in [3.8, 4) is 0 Å². The lowest BCUT2D eigenvalue weighted by atomic mass is 10.1. The number of carbonyl (C=O) groups excluding carboxylic acids is 1. The third-order valence-corrected chi connectivity index (χ3v) is 4.11. The molecule has 1 aliphatic rings. The Morgan fingerprint density at radius 2 is 1.96 bits per heavy atom. The summed E-state index contributed by atoms with van der Waals surface area (Å²) in [6, 6.07) is 6.05. The summed E-state index contributed by atoms with van der Waals surface area (Å²) < 4.78 is 18.3. The number of ether oxygens (including phenoxy) is 1. The summed E-state index contributed by atoms with van der Waals surface area (Å²) in [5, 5.41) is 9.21. The molecule has 0 spiro atoms. The Morgan fingerprint density at radius 1 is 1.29 bits per heavy atom. The van der Waals surface area contributed by atoms with Gasteiger partial charge in [-0.05, 0) is 30.2 Å². The molecule has 0 bridgehead atoms. The number of nitrogens with zero attached hydrogens (tertiary/aromatic N) is 2. The van der Waals surface area contributed by atoms with E-state index in [1.165, 1.54) is 12.1 Å². The van der Waals surface area contributed by atoms with Gasteiger partial charge < -0.3 is 14.7 Å². The fourth-order valence-corrected chi connectivity index (χ4v) is 2.61. The van der Waals surface area contributed by atoms with Crippen molar-refractivity contribution < 1.29 is 19.0 Å². The van der Waals surface area contributed by atoms with Crippen LogP contribution >= 0.6 is 0 Å². The lowest BCUT2D eigenvalue weighted by Gasteiger charge is -2.29. The first-order chi connectivity index (χ1) is 11.6. The number of hydrogen-bond acceptors (Lipinski definition) is 4.